The van der Waals surface area contributed by atoms with Crippen molar-refractivity contribution in [1.82, 2.24) is 14.9 Å². The number of carbonyl (C=O) groups excluding carboxylic acids is 2. The van der Waals surface area contributed by atoms with E-state index in [-0.39, 0.29) is 18.4 Å². The second-order valence-corrected chi connectivity index (χ2v) is 5.88. The van der Waals surface area contributed by atoms with Crippen molar-refractivity contribution in [3.8, 4) is 5.75 Å². The molecule has 8 heteroatoms. The summed E-state index contributed by atoms with van der Waals surface area (Å²) in [4.78, 5) is 35.9. The minimum Gasteiger partial charge on any atom is -0.482 e. The summed E-state index contributed by atoms with van der Waals surface area (Å²) in [5.74, 6) is 0.885. The zero-order chi connectivity index (χ0) is 18.4. The van der Waals surface area contributed by atoms with Gasteiger partial charge < -0.3 is 19.9 Å². The third kappa shape index (κ3) is 4.47. The molecule has 1 aromatic carbocycles. The minimum atomic E-state index is -0.188. The molecule has 26 heavy (non-hydrogen) atoms. The summed E-state index contributed by atoms with van der Waals surface area (Å²) in [6.07, 6.45) is 3.42. The highest BCUT2D eigenvalue weighted by molar-refractivity contribution is 5.90. The molecule has 0 bridgehead atoms. The number of hydrogen-bond acceptors (Lipinski definition) is 6. The Hall–Kier alpha value is -3.16. The molecule has 0 radical (unpaired) electrons. The smallest absolute Gasteiger partial charge is 0.260 e. The standard InChI is InChI=1S/C18H21N5O3/c1-14(24)21-15-5-2-3-6-16(15)26-13-17(25)22-9-11-23(12-10-22)18-19-7-4-8-20-18/h2-8H,9-13H2,1H3,(H,21,24). The van der Waals surface area contributed by atoms with E-state index >= 15 is 0 Å². The van der Waals surface area contributed by atoms with Gasteiger partial charge in [0, 0.05) is 45.5 Å². The number of benzene rings is 1. The number of piperazine rings is 1. The average Bonchev–Trinajstić information content (AvgIpc) is 2.67. The zero-order valence-electron chi connectivity index (χ0n) is 14.6. The Morgan fingerprint density at radius 2 is 1.77 bits per heavy atom. The van der Waals surface area contributed by atoms with Gasteiger partial charge in [-0.3, -0.25) is 9.59 Å². The number of para-hydroxylation sites is 2. The molecule has 136 valence electrons. The van der Waals surface area contributed by atoms with Crippen LogP contribution in [0.5, 0.6) is 5.75 Å². The van der Waals surface area contributed by atoms with Gasteiger partial charge in [-0.05, 0) is 18.2 Å². The first-order valence-electron chi connectivity index (χ1n) is 8.42. The number of rotatable bonds is 5. The molecule has 2 amide bonds. The van der Waals surface area contributed by atoms with Crippen LogP contribution in [0.3, 0.4) is 0 Å². The maximum Gasteiger partial charge on any atom is 0.260 e. The molecule has 2 aromatic rings. The lowest BCUT2D eigenvalue weighted by atomic mass is 10.3. The normalized spacial score (nSPS) is 14.0. The molecule has 0 aliphatic carbocycles. The summed E-state index contributed by atoms with van der Waals surface area (Å²) in [5.41, 5.74) is 0.554. The molecule has 1 fully saturated rings. The van der Waals surface area contributed by atoms with E-state index < -0.39 is 0 Å². The highest BCUT2D eigenvalue weighted by Gasteiger charge is 2.22. The number of nitrogens with one attached hydrogen (secondary N) is 1. The lowest BCUT2D eigenvalue weighted by Gasteiger charge is -2.34. The van der Waals surface area contributed by atoms with Gasteiger partial charge in [0.1, 0.15) is 5.75 Å². The van der Waals surface area contributed by atoms with Crippen LogP contribution in [0.2, 0.25) is 0 Å². The molecule has 3 rings (SSSR count). The quantitative estimate of drug-likeness (QED) is 0.866. The number of carbonyl (C=O) groups is 2. The Balaban J connectivity index is 1.52. The van der Waals surface area contributed by atoms with E-state index in [4.69, 9.17) is 4.74 Å². The second-order valence-electron chi connectivity index (χ2n) is 5.88. The van der Waals surface area contributed by atoms with E-state index in [0.29, 0.717) is 43.6 Å². The van der Waals surface area contributed by atoms with E-state index in [1.807, 2.05) is 0 Å². The van der Waals surface area contributed by atoms with Crippen molar-refractivity contribution in [1.29, 1.82) is 0 Å². The predicted octanol–water partition coefficient (Wildman–Crippen LogP) is 1.16. The van der Waals surface area contributed by atoms with Crippen molar-refractivity contribution < 1.29 is 14.3 Å². The van der Waals surface area contributed by atoms with Gasteiger partial charge in [-0.2, -0.15) is 0 Å². The molecule has 1 N–H and O–H groups in total. The van der Waals surface area contributed by atoms with E-state index in [1.165, 1.54) is 6.92 Å². The molecule has 0 atom stereocenters. The molecule has 8 nitrogen and oxygen atoms in total. The molecule has 1 aliphatic heterocycles. The van der Waals surface area contributed by atoms with Crippen molar-refractivity contribution in [3.63, 3.8) is 0 Å². The van der Waals surface area contributed by atoms with Crippen LogP contribution in [-0.2, 0) is 9.59 Å². The van der Waals surface area contributed by atoms with Gasteiger partial charge in [0.15, 0.2) is 6.61 Å². The van der Waals surface area contributed by atoms with Crippen LogP contribution in [0.25, 0.3) is 0 Å². The monoisotopic (exact) mass is 355 g/mol. The van der Waals surface area contributed by atoms with Crippen LogP contribution in [0.15, 0.2) is 42.7 Å². The van der Waals surface area contributed by atoms with Crippen LogP contribution < -0.4 is 15.0 Å². The fourth-order valence-corrected chi connectivity index (χ4v) is 2.73. The summed E-state index contributed by atoms with van der Waals surface area (Å²) in [6, 6.07) is 8.83. The van der Waals surface area contributed by atoms with Crippen LogP contribution in [-0.4, -0.2) is 59.5 Å². The van der Waals surface area contributed by atoms with Gasteiger partial charge in [0.05, 0.1) is 5.69 Å². The van der Waals surface area contributed by atoms with Crippen molar-refractivity contribution in [2.24, 2.45) is 0 Å². The number of anilines is 2. The average molecular weight is 355 g/mol. The van der Waals surface area contributed by atoms with E-state index in [9.17, 15) is 9.59 Å². The maximum atomic E-state index is 12.4. The lowest BCUT2D eigenvalue weighted by Crippen LogP contribution is -2.50. The molecule has 1 aromatic heterocycles. The fraction of sp³-hybridized carbons (Fsp3) is 0.333. The van der Waals surface area contributed by atoms with Crippen LogP contribution in [0.1, 0.15) is 6.92 Å². The van der Waals surface area contributed by atoms with Gasteiger partial charge in [0.2, 0.25) is 11.9 Å². The molecule has 0 saturated carbocycles. The molecular weight excluding hydrogens is 334 g/mol. The first-order valence-corrected chi connectivity index (χ1v) is 8.42. The molecule has 0 spiro atoms. The third-order valence-electron chi connectivity index (χ3n) is 4.02. The molecular formula is C18H21N5O3. The van der Waals surface area contributed by atoms with Gasteiger partial charge in [-0.25, -0.2) is 9.97 Å². The van der Waals surface area contributed by atoms with Crippen LogP contribution in [0.4, 0.5) is 11.6 Å². The Morgan fingerprint density at radius 3 is 2.46 bits per heavy atom. The second kappa shape index (κ2) is 8.28. The largest absolute Gasteiger partial charge is 0.482 e. The molecule has 0 unspecified atom stereocenters. The summed E-state index contributed by atoms with van der Waals surface area (Å²) in [5, 5.41) is 2.69. The van der Waals surface area contributed by atoms with Crippen molar-refractivity contribution in [3.05, 3.63) is 42.7 Å². The zero-order valence-corrected chi connectivity index (χ0v) is 14.6. The lowest BCUT2D eigenvalue weighted by molar-refractivity contribution is -0.133. The van der Waals surface area contributed by atoms with Crippen LogP contribution >= 0.6 is 0 Å². The maximum absolute atomic E-state index is 12.4. The summed E-state index contributed by atoms with van der Waals surface area (Å²) < 4.78 is 5.62. The van der Waals surface area contributed by atoms with Gasteiger partial charge >= 0.3 is 0 Å². The Kier molecular flexibility index (Phi) is 5.62. The number of amides is 2. The van der Waals surface area contributed by atoms with Crippen molar-refractivity contribution >= 4 is 23.5 Å². The molecule has 2 heterocycles. The van der Waals surface area contributed by atoms with Crippen LogP contribution in [0, 0.1) is 0 Å². The Morgan fingerprint density at radius 1 is 1.08 bits per heavy atom. The van der Waals surface area contributed by atoms with E-state index in [2.05, 4.69) is 20.2 Å². The summed E-state index contributed by atoms with van der Waals surface area (Å²) in [6.45, 7) is 3.90. The van der Waals surface area contributed by atoms with Gasteiger partial charge in [0.25, 0.3) is 5.91 Å². The SMILES string of the molecule is CC(=O)Nc1ccccc1OCC(=O)N1CCN(c2ncccn2)CC1. The first-order chi connectivity index (χ1) is 12.6. The number of aromatic nitrogens is 2. The molecule has 1 aliphatic rings. The summed E-state index contributed by atoms with van der Waals surface area (Å²) in [7, 11) is 0. The van der Waals surface area contributed by atoms with E-state index in [0.717, 1.165) is 0 Å². The van der Waals surface area contributed by atoms with Gasteiger partial charge in [-0.15, -0.1) is 0 Å². The Labute approximate surface area is 151 Å². The highest BCUT2D eigenvalue weighted by Crippen LogP contribution is 2.23. The number of ether oxygens (including phenoxy) is 1. The van der Waals surface area contributed by atoms with Crippen molar-refractivity contribution in [2.45, 2.75) is 6.92 Å². The molecule has 1 saturated heterocycles. The summed E-state index contributed by atoms with van der Waals surface area (Å²) >= 11 is 0. The van der Waals surface area contributed by atoms with Crippen molar-refractivity contribution in [2.75, 3.05) is 43.0 Å². The third-order valence-corrected chi connectivity index (χ3v) is 4.02. The first kappa shape index (κ1) is 17.7. The topological polar surface area (TPSA) is 87.7 Å². The predicted molar refractivity (Wildman–Crippen MR) is 97.1 cm³/mol. The van der Waals surface area contributed by atoms with E-state index in [1.54, 1.807) is 47.6 Å². The Bertz CT molecular complexity index is 760. The fourth-order valence-electron chi connectivity index (χ4n) is 2.73. The minimum absolute atomic E-state index is 0.0710. The van der Waals surface area contributed by atoms with Gasteiger partial charge in [-0.1, -0.05) is 12.1 Å². The highest BCUT2D eigenvalue weighted by atomic mass is 16.5. The number of nitrogens with zero attached hydrogens (tertiary/aromatic N) is 4. The number of hydrogen-bond donors (Lipinski definition) is 1.